The summed E-state index contributed by atoms with van der Waals surface area (Å²) in [6.45, 7) is 1.52. The van der Waals surface area contributed by atoms with Crippen LogP contribution in [0.4, 0.5) is 0 Å². The van der Waals surface area contributed by atoms with Crippen LogP contribution in [0.3, 0.4) is 0 Å². The van der Waals surface area contributed by atoms with Crippen molar-refractivity contribution in [1.82, 2.24) is 10.2 Å². The molecule has 1 atom stereocenters. The zero-order chi connectivity index (χ0) is 13.9. The Bertz CT molecular complexity index is 598. The SMILES string of the molecule is CN(Cc1ccoc1)C1=NCC(c2ccc(Cl)cc2)N1.I. The van der Waals surface area contributed by atoms with Crippen LogP contribution in [-0.4, -0.2) is 24.5 Å². The fraction of sp³-hybridized carbons (Fsp3) is 0.267. The molecule has 2 aromatic rings. The number of furan rings is 1. The van der Waals surface area contributed by atoms with Gasteiger partial charge in [-0.3, -0.25) is 4.99 Å². The van der Waals surface area contributed by atoms with Crippen LogP contribution < -0.4 is 5.32 Å². The van der Waals surface area contributed by atoms with Gasteiger partial charge in [0.15, 0.2) is 5.96 Å². The molecular weight excluding hydrogens is 401 g/mol. The van der Waals surface area contributed by atoms with E-state index < -0.39 is 0 Å². The monoisotopic (exact) mass is 417 g/mol. The fourth-order valence-electron chi connectivity index (χ4n) is 2.27. The summed E-state index contributed by atoms with van der Waals surface area (Å²) < 4.78 is 5.08. The lowest BCUT2D eigenvalue weighted by Gasteiger charge is -2.20. The minimum atomic E-state index is 0. The number of hydrogen-bond donors (Lipinski definition) is 1. The van der Waals surface area contributed by atoms with Gasteiger partial charge in [-0.25, -0.2) is 0 Å². The zero-order valence-corrected chi connectivity index (χ0v) is 14.7. The van der Waals surface area contributed by atoms with Crippen LogP contribution >= 0.6 is 35.6 Å². The topological polar surface area (TPSA) is 40.8 Å². The molecule has 3 rings (SSSR count). The Morgan fingerprint density at radius 1 is 1.33 bits per heavy atom. The maximum Gasteiger partial charge on any atom is 0.194 e. The van der Waals surface area contributed by atoms with Gasteiger partial charge in [0.05, 0.1) is 25.1 Å². The normalized spacial score (nSPS) is 16.9. The van der Waals surface area contributed by atoms with E-state index in [9.17, 15) is 0 Å². The third-order valence-corrected chi connectivity index (χ3v) is 3.61. The Balaban J connectivity index is 0.00000161. The molecule has 1 aromatic carbocycles. The summed E-state index contributed by atoms with van der Waals surface area (Å²) in [5.74, 6) is 0.908. The third-order valence-electron chi connectivity index (χ3n) is 3.36. The van der Waals surface area contributed by atoms with Crippen LogP contribution in [-0.2, 0) is 6.54 Å². The third kappa shape index (κ3) is 3.91. The summed E-state index contributed by atoms with van der Waals surface area (Å²) in [4.78, 5) is 6.65. The molecule has 21 heavy (non-hydrogen) atoms. The number of aliphatic imine (C=N–C) groups is 1. The summed E-state index contributed by atoms with van der Waals surface area (Å²) in [5.41, 5.74) is 2.33. The summed E-state index contributed by atoms with van der Waals surface area (Å²) in [6.07, 6.45) is 3.44. The first-order valence-electron chi connectivity index (χ1n) is 6.51. The summed E-state index contributed by atoms with van der Waals surface area (Å²) in [5, 5.41) is 4.20. The molecule has 0 aliphatic carbocycles. The summed E-state index contributed by atoms with van der Waals surface area (Å²) >= 11 is 5.91. The molecule has 6 heteroatoms. The van der Waals surface area contributed by atoms with Gasteiger partial charge in [0.1, 0.15) is 0 Å². The predicted molar refractivity (Wildman–Crippen MR) is 95.2 cm³/mol. The molecule has 0 saturated carbocycles. The van der Waals surface area contributed by atoms with E-state index in [4.69, 9.17) is 16.0 Å². The highest BCUT2D eigenvalue weighted by Crippen LogP contribution is 2.20. The molecule has 1 unspecified atom stereocenters. The van der Waals surface area contributed by atoms with Gasteiger partial charge in [-0.2, -0.15) is 0 Å². The van der Waals surface area contributed by atoms with Crippen molar-refractivity contribution in [2.24, 2.45) is 4.99 Å². The second kappa shape index (κ2) is 7.17. The van der Waals surface area contributed by atoms with Crippen molar-refractivity contribution in [1.29, 1.82) is 0 Å². The number of hydrogen-bond acceptors (Lipinski definition) is 4. The van der Waals surface area contributed by atoms with Gasteiger partial charge in [-0.05, 0) is 23.8 Å². The van der Waals surface area contributed by atoms with Gasteiger partial charge in [0.25, 0.3) is 0 Å². The van der Waals surface area contributed by atoms with E-state index in [0.717, 1.165) is 29.6 Å². The Labute approximate surface area is 146 Å². The molecule has 1 aliphatic heterocycles. The van der Waals surface area contributed by atoms with E-state index >= 15 is 0 Å². The molecule has 4 nitrogen and oxygen atoms in total. The Morgan fingerprint density at radius 3 is 2.76 bits per heavy atom. The van der Waals surface area contributed by atoms with Crippen LogP contribution in [0.1, 0.15) is 17.2 Å². The highest BCUT2D eigenvalue weighted by Gasteiger charge is 2.21. The first-order valence-corrected chi connectivity index (χ1v) is 6.89. The lowest BCUT2D eigenvalue weighted by atomic mass is 10.1. The smallest absolute Gasteiger partial charge is 0.194 e. The van der Waals surface area contributed by atoms with Crippen molar-refractivity contribution in [3.63, 3.8) is 0 Å². The number of rotatable bonds is 3. The maximum absolute atomic E-state index is 5.91. The first-order chi connectivity index (χ1) is 9.72. The number of guanidine groups is 1. The van der Waals surface area contributed by atoms with E-state index in [1.54, 1.807) is 12.5 Å². The molecule has 0 spiro atoms. The van der Waals surface area contributed by atoms with E-state index in [0.29, 0.717) is 0 Å². The maximum atomic E-state index is 5.91. The van der Waals surface area contributed by atoms with Crippen molar-refractivity contribution in [2.45, 2.75) is 12.6 Å². The summed E-state index contributed by atoms with van der Waals surface area (Å²) in [6, 6.07) is 10.1. The van der Waals surface area contributed by atoms with Crippen LogP contribution in [0, 0.1) is 0 Å². The van der Waals surface area contributed by atoms with Crippen LogP contribution in [0.5, 0.6) is 0 Å². The zero-order valence-electron chi connectivity index (χ0n) is 11.6. The molecular formula is C15H17ClIN3O. The van der Waals surface area contributed by atoms with E-state index in [2.05, 4.69) is 15.2 Å². The van der Waals surface area contributed by atoms with Gasteiger partial charge in [-0.15, -0.1) is 24.0 Å². The van der Waals surface area contributed by atoms with Crippen molar-refractivity contribution in [2.75, 3.05) is 13.6 Å². The van der Waals surface area contributed by atoms with Crippen molar-refractivity contribution in [3.8, 4) is 0 Å². The predicted octanol–water partition coefficient (Wildman–Crippen LogP) is 3.68. The molecule has 0 radical (unpaired) electrons. The Morgan fingerprint density at radius 2 is 2.10 bits per heavy atom. The van der Waals surface area contributed by atoms with E-state index in [-0.39, 0.29) is 30.0 Å². The van der Waals surface area contributed by atoms with Crippen LogP contribution in [0.2, 0.25) is 5.02 Å². The highest BCUT2D eigenvalue weighted by atomic mass is 127. The largest absolute Gasteiger partial charge is 0.472 e. The molecule has 0 saturated heterocycles. The van der Waals surface area contributed by atoms with Crippen molar-refractivity contribution < 1.29 is 4.42 Å². The molecule has 112 valence electrons. The first kappa shape index (κ1) is 16.2. The number of benzene rings is 1. The standard InChI is InChI=1S/C15H16ClN3O.HI/c1-19(9-11-6-7-20-10-11)15-17-8-14(18-15)12-2-4-13(16)5-3-12;/h2-7,10,14H,8-9H2,1H3,(H,17,18);1H. The summed E-state index contributed by atoms with van der Waals surface area (Å²) in [7, 11) is 2.02. The quantitative estimate of drug-likeness (QED) is 0.775. The fourth-order valence-corrected chi connectivity index (χ4v) is 2.40. The van der Waals surface area contributed by atoms with Gasteiger partial charge < -0.3 is 14.6 Å². The molecule has 0 amide bonds. The molecule has 0 bridgehead atoms. The highest BCUT2D eigenvalue weighted by molar-refractivity contribution is 14.0. The van der Waals surface area contributed by atoms with Gasteiger partial charge in [0.2, 0.25) is 0 Å². The number of nitrogens with zero attached hydrogens (tertiary/aromatic N) is 2. The second-order valence-corrected chi connectivity index (χ2v) is 5.34. The number of halogens is 2. The minimum absolute atomic E-state index is 0. The molecule has 1 aromatic heterocycles. The number of nitrogens with one attached hydrogen (secondary N) is 1. The molecule has 1 aliphatic rings. The van der Waals surface area contributed by atoms with Crippen LogP contribution in [0.15, 0.2) is 52.3 Å². The lowest BCUT2D eigenvalue weighted by Crippen LogP contribution is -2.36. The molecule has 0 fully saturated rings. The average molecular weight is 418 g/mol. The Hall–Kier alpha value is -1.21. The van der Waals surface area contributed by atoms with E-state index in [1.807, 2.05) is 37.4 Å². The average Bonchev–Trinajstić information content (AvgIpc) is 3.10. The Kier molecular flexibility index (Phi) is 5.52. The van der Waals surface area contributed by atoms with Crippen molar-refractivity contribution >= 4 is 41.5 Å². The van der Waals surface area contributed by atoms with Gasteiger partial charge >= 0.3 is 0 Å². The lowest BCUT2D eigenvalue weighted by molar-refractivity contribution is 0.474. The molecule has 1 N–H and O–H groups in total. The molecule has 2 heterocycles. The van der Waals surface area contributed by atoms with Gasteiger partial charge in [0, 0.05) is 24.2 Å². The van der Waals surface area contributed by atoms with Crippen molar-refractivity contribution in [3.05, 3.63) is 59.0 Å². The minimum Gasteiger partial charge on any atom is -0.472 e. The van der Waals surface area contributed by atoms with Crippen LogP contribution in [0.25, 0.3) is 0 Å². The van der Waals surface area contributed by atoms with E-state index in [1.165, 1.54) is 5.56 Å². The second-order valence-electron chi connectivity index (χ2n) is 4.90. The van der Waals surface area contributed by atoms with Gasteiger partial charge in [-0.1, -0.05) is 23.7 Å².